The number of nitrogens with two attached hydrogens (primary N) is 1. The van der Waals surface area contributed by atoms with Crippen LogP contribution in [0.2, 0.25) is 0 Å². The second kappa shape index (κ2) is 3.78. The quantitative estimate of drug-likeness (QED) is 0.646. The average molecular weight is 178 g/mol. The van der Waals surface area contributed by atoms with E-state index in [9.17, 15) is 18.0 Å². The molecule has 0 spiro atoms. The highest BCUT2D eigenvalue weighted by Gasteiger charge is 2.39. The molecule has 0 radical (unpaired) electrons. The zero-order valence-corrected chi connectivity index (χ0v) is 5.92. The van der Waals surface area contributed by atoms with E-state index in [4.69, 9.17) is 0 Å². The predicted molar refractivity (Wildman–Crippen MR) is 32.0 cm³/mol. The first kappa shape index (κ1) is 12.4. The maximum atomic E-state index is 11.4. The van der Waals surface area contributed by atoms with Crippen molar-refractivity contribution in [1.29, 1.82) is 0 Å². The minimum Gasteiger partial charge on any atom is -0.314 e. The summed E-state index contributed by atoms with van der Waals surface area (Å²) in [5.41, 5.74) is 4.42. The third kappa shape index (κ3) is 3.68. The number of ketones is 1. The molecule has 0 aliphatic heterocycles. The van der Waals surface area contributed by atoms with E-state index in [1.165, 1.54) is 0 Å². The molecule has 2 nitrogen and oxygen atoms in total. The molecule has 0 aliphatic carbocycles. The van der Waals surface area contributed by atoms with Crippen LogP contribution >= 0.6 is 12.4 Å². The molecule has 0 saturated carbocycles. The maximum Gasteiger partial charge on any atom is 0.410 e. The van der Waals surface area contributed by atoms with Gasteiger partial charge in [0.25, 0.3) is 0 Å². The van der Waals surface area contributed by atoms with Crippen LogP contribution in [0.5, 0.6) is 0 Å². The third-order valence-corrected chi connectivity index (χ3v) is 0.791. The SMILES string of the molecule is CC(=O)C(N)C(F)(F)F.Cl. The molecule has 62 valence electrons. The van der Waals surface area contributed by atoms with Crippen molar-refractivity contribution >= 4 is 18.2 Å². The number of hydrogen-bond acceptors (Lipinski definition) is 2. The first-order valence-corrected chi connectivity index (χ1v) is 2.18. The Morgan fingerprint density at radius 1 is 1.50 bits per heavy atom. The number of halogens is 4. The van der Waals surface area contributed by atoms with Gasteiger partial charge in [-0.05, 0) is 6.92 Å². The molecule has 6 heteroatoms. The number of carbonyl (C=O) groups excluding carboxylic acids is 1. The smallest absolute Gasteiger partial charge is 0.314 e. The zero-order chi connectivity index (χ0) is 7.65. The molecule has 10 heavy (non-hydrogen) atoms. The van der Waals surface area contributed by atoms with Gasteiger partial charge in [0.2, 0.25) is 0 Å². The molecule has 0 aromatic rings. The Hall–Kier alpha value is -0.290. The monoisotopic (exact) mass is 177 g/mol. The van der Waals surface area contributed by atoms with Gasteiger partial charge in [-0.1, -0.05) is 0 Å². The minimum atomic E-state index is -4.59. The molecule has 2 N–H and O–H groups in total. The third-order valence-electron chi connectivity index (χ3n) is 0.791. The molecule has 0 fully saturated rings. The van der Waals surface area contributed by atoms with Crippen molar-refractivity contribution in [3.8, 4) is 0 Å². The predicted octanol–water partition coefficient (Wildman–Crippen LogP) is 0.887. The minimum absolute atomic E-state index is 0. The van der Waals surface area contributed by atoms with Gasteiger partial charge in [-0.3, -0.25) is 4.79 Å². The summed E-state index contributed by atoms with van der Waals surface area (Å²) in [6.45, 7) is 0.804. The van der Waals surface area contributed by atoms with Gasteiger partial charge < -0.3 is 5.73 Å². The van der Waals surface area contributed by atoms with Crippen molar-refractivity contribution in [2.75, 3.05) is 0 Å². The molecule has 0 rings (SSSR count). The van der Waals surface area contributed by atoms with E-state index in [1.807, 2.05) is 0 Å². The molecule has 0 bridgehead atoms. The fourth-order valence-corrected chi connectivity index (χ4v) is 0.230. The van der Waals surface area contributed by atoms with E-state index in [1.54, 1.807) is 0 Å². The first-order chi connectivity index (χ1) is 3.85. The Labute approximate surface area is 62.0 Å². The van der Waals surface area contributed by atoms with Crippen LogP contribution in [0.25, 0.3) is 0 Å². The molecular formula is C4H7ClF3NO. The van der Waals surface area contributed by atoms with E-state index in [0.717, 1.165) is 6.92 Å². The lowest BCUT2D eigenvalue weighted by Gasteiger charge is -2.10. The lowest BCUT2D eigenvalue weighted by Crippen LogP contribution is -2.42. The molecule has 0 heterocycles. The number of rotatable bonds is 1. The molecule has 1 unspecified atom stereocenters. The average Bonchev–Trinajstić information content (AvgIpc) is 1.62. The van der Waals surface area contributed by atoms with Crippen LogP contribution in [0.1, 0.15) is 6.92 Å². The summed E-state index contributed by atoms with van der Waals surface area (Å²) in [5, 5.41) is 0. The van der Waals surface area contributed by atoms with Crippen molar-refractivity contribution in [3.63, 3.8) is 0 Å². The Morgan fingerprint density at radius 2 is 1.80 bits per heavy atom. The number of hydrogen-bond donors (Lipinski definition) is 1. The van der Waals surface area contributed by atoms with E-state index in [0.29, 0.717) is 0 Å². The molecule has 0 saturated heterocycles. The number of carbonyl (C=O) groups is 1. The Balaban J connectivity index is 0. The van der Waals surface area contributed by atoms with Gasteiger partial charge in [0.1, 0.15) is 0 Å². The fourth-order valence-electron chi connectivity index (χ4n) is 0.230. The Bertz CT molecular complexity index is 124. The summed E-state index contributed by atoms with van der Waals surface area (Å²) >= 11 is 0. The van der Waals surface area contributed by atoms with Crippen LogP contribution in [0.4, 0.5) is 13.2 Å². The van der Waals surface area contributed by atoms with Crippen LogP contribution < -0.4 is 5.73 Å². The highest BCUT2D eigenvalue weighted by atomic mass is 35.5. The lowest BCUT2D eigenvalue weighted by atomic mass is 10.2. The van der Waals surface area contributed by atoms with Gasteiger partial charge in [0, 0.05) is 0 Å². The fraction of sp³-hybridized carbons (Fsp3) is 0.750. The molecular weight excluding hydrogens is 170 g/mol. The van der Waals surface area contributed by atoms with Gasteiger partial charge in [0.15, 0.2) is 11.8 Å². The molecule has 1 atom stereocenters. The van der Waals surface area contributed by atoms with Crippen LogP contribution in [0.15, 0.2) is 0 Å². The summed E-state index contributed by atoms with van der Waals surface area (Å²) in [4.78, 5) is 9.95. The van der Waals surface area contributed by atoms with Gasteiger partial charge in [-0.2, -0.15) is 13.2 Å². The highest BCUT2D eigenvalue weighted by Crippen LogP contribution is 2.18. The van der Waals surface area contributed by atoms with Crippen molar-refractivity contribution in [1.82, 2.24) is 0 Å². The molecule has 0 aliphatic rings. The summed E-state index contributed by atoms with van der Waals surface area (Å²) in [7, 11) is 0. The van der Waals surface area contributed by atoms with Crippen LogP contribution in [0, 0.1) is 0 Å². The first-order valence-electron chi connectivity index (χ1n) is 2.18. The van der Waals surface area contributed by atoms with E-state index >= 15 is 0 Å². The largest absolute Gasteiger partial charge is 0.410 e. The Morgan fingerprint density at radius 3 is 1.80 bits per heavy atom. The Kier molecular flexibility index (Phi) is 4.68. The van der Waals surface area contributed by atoms with Crippen LogP contribution in [0.3, 0.4) is 0 Å². The zero-order valence-electron chi connectivity index (χ0n) is 5.11. The van der Waals surface area contributed by atoms with Crippen LogP contribution in [-0.2, 0) is 4.79 Å². The molecule has 0 amide bonds. The summed E-state index contributed by atoms with van der Waals surface area (Å²) in [6.07, 6.45) is -4.59. The van der Waals surface area contributed by atoms with Gasteiger partial charge in [-0.15, -0.1) is 12.4 Å². The van der Waals surface area contributed by atoms with Crippen molar-refractivity contribution in [2.45, 2.75) is 19.1 Å². The van der Waals surface area contributed by atoms with Crippen molar-refractivity contribution in [2.24, 2.45) is 5.73 Å². The summed E-state index contributed by atoms with van der Waals surface area (Å²) in [5.74, 6) is -1.07. The van der Waals surface area contributed by atoms with E-state index in [-0.39, 0.29) is 12.4 Å². The number of alkyl halides is 3. The van der Waals surface area contributed by atoms with Gasteiger partial charge in [-0.25, -0.2) is 0 Å². The van der Waals surface area contributed by atoms with Gasteiger partial charge >= 0.3 is 6.18 Å². The number of Topliss-reactive ketones (excluding diaryl/α,β-unsaturated/α-hetero) is 1. The normalized spacial score (nSPS) is 13.7. The standard InChI is InChI=1S/C4H6F3NO.ClH/c1-2(9)3(8)4(5,6)7;/h3H,8H2,1H3;1H. The highest BCUT2D eigenvalue weighted by molar-refractivity contribution is 5.85. The molecule has 0 aromatic carbocycles. The molecule has 0 aromatic heterocycles. The topological polar surface area (TPSA) is 43.1 Å². The second-order valence-electron chi connectivity index (χ2n) is 1.63. The van der Waals surface area contributed by atoms with Crippen molar-refractivity contribution in [3.05, 3.63) is 0 Å². The maximum absolute atomic E-state index is 11.4. The van der Waals surface area contributed by atoms with E-state index < -0.39 is 18.0 Å². The van der Waals surface area contributed by atoms with Gasteiger partial charge in [0.05, 0.1) is 0 Å². The van der Waals surface area contributed by atoms with Crippen LogP contribution in [-0.4, -0.2) is 18.0 Å². The second-order valence-corrected chi connectivity index (χ2v) is 1.63. The lowest BCUT2D eigenvalue weighted by molar-refractivity contribution is -0.159. The summed E-state index contributed by atoms with van der Waals surface area (Å²) < 4.78 is 34.1. The summed E-state index contributed by atoms with van der Waals surface area (Å²) in [6, 6.07) is -2.32. The van der Waals surface area contributed by atoms with E-state index in [2.05, 4.69) is 5.73 Å². The van der Waals surface area contributed by atoms with Crippen molar-refractivity contribution < 1.29 is 18.0 Å².